The Morgan fingerprint density at radius 2 is 1.86 bits per heavy atom. The summed E-state index contributed by atoms with van der Waals surface area (Å²) < 4.78 is 5.48. The Hall–Kier alpha value is -2.79. The van der Waals surface area contributed by atoms with Gasteiger partial charge in [-0.2, -0.15) is 0 Å². The van der Waals surface area contributed by atoms with Crippen LogP contribution in [0.4, 0.5) is 0 Å². The molecule has 2 aromatic carbocycles. The van der Waals surface area contributed by atoms with Gasteiger partial charge in [-0.1, -0.05) is 48.9 Å². The third-order valence-electron chi connectivity index (χ3n) is 4.62. The molecule has 0 saturated carbocycles. The van der Waals surface area contributed by atoms with Crippen molar-refractivity contribution in [2.24, 2.45) is 0 Å². The molecule has 1 unspecified atom stereocenters. The van der Waals surface area contributed by atoms with Crippen LogP contribution in [0.3, 0.4) is 0 Å². The normalized spacial score (nSPS) is 18.5. The van der Waals surface area contributed by atoms with Crippen molar-refractivity contribution in [1.29, 1.82) is 0 Å². The average molecular weight is 400 g/mol. The lowest BCUT2D eigenvalue weighted by atomic mass is 9.95. The maximum Gasteiger partial charge on any atom is 0.295 e. The molecule has 1 aliphatic rings. The lowest BCUT2D eigenvalue weighted by molar-refractivity contribution is -0.139. The van der Waals surface area contributed by atoms with Crippen LogP contribution < -0.4 is 4.74 Å². The summed E-state index contributed by atoms with van der Waals surface area (Å²) in [6, 6.07) is 13.4. The molecule has 1 N–H and O–H groups in total. The molecule has 3 rings (SSSR count). The Morgan fingerprint density at radius 3 is 2.50 bits per heavy atom. The molecule has 5 nitrogen and oxygen atoms in total. The average Bonchev–Trinajstić information content (AvgIpc) is 2.95. The molecule has 0 radical (unpaired) electrons. The van der Waals surface area contributed by atoms with Gasteiger partial charge in [0, 0.05) is 12.1 Å². The SMILES string of the molecule is CCCN1C(=O)C(=O)/C(=C(/O)c2cc(OCC)ccc2Cl)C1c1ccccc1. The van der Waals surface area contributed by atoms with Crippen LogP contribution >= 0.6 is 11.6 Å². The van der Waals surface area contributed by atoms with Crippen LogP contribution in [0.2, 0.25) is 5.02 Å². The molecule has 1 aliphatic heterocycles. The number of likely N-dealkylation sites (tertiary alicyclic amines) is 1. The molecule has 146 valence electrons. The van der Waals surface area contributed by atoms with Crippen molar-refractivity contribution in [2.45, 2.75) is 26.3 Å². The number of Topliss-reactive ketones (excluding diaryl/α,β-unsaturated/α-hetero) is 1. The smallest absolute Gasteiger partial charge is 0.295 e. The summed E-state index contributed by atoms with van der Waals surface area (Å²) in [7, 11) is 0. The number of halogens is 1. The minimum absolute atomic E-state index is 0.0419. The molecule has 6 heteroatoms. The van der Waals surface area contributed by atoms with Crippen LogP contribution in [-0.2, 0) is 9.59 Å². The van der Waals surface area contributed by atoms with Gasteiger partial charge in [0.2, 0.25) is 0 Å². The fourth-order valence-electron chi connectivity index (χ4n) is 3.42. The van der Waals surface area contributed by atoms with Gasteiger partial charge >= 0.3 is 0 Å². The Bertz CT molecular complexity index is 923. The minimum atomic E-state index is -0.710. The second kappa shape index (κ2) is 8.48. The number of ketones is 1. The predicted octanol–water partition coefficient (Wildman–Crippen LogP) is 4.57. The highest BCUT2D eigenvalue weighted by Gasteiger charge is 2.45. The van der Waals surface area contributed by atoms with E-state index < -0.39 is 17.7 Å². The molecule has 0 aromatic heterocycles. The maximum absolute atomic E-state index is 12.8. The molecule has 1 saturated heterocycles. The van der Waals surface area contributed by atoms with Crippen molar-refractivity contribution in [1.82, 2.24) is 4.90 Å². The highest BCUT2D eigenvalue weighted by atomic mass is 35.5. The van der Waals surface area contributed by atoms with E-state index >= 15 is 0 Å². The van der Waals surface area contributed by atoms with Gasteiger partial charge in [-0.05, 0) is 37.1 Å². The number of hydrogen-bond acceptors (Lipinski definition) is 4. The highest BCUT2D eigenvalue weighted by Crippen LogP contribution is 2.41. The first-order chi connectivity index (χ1) is 13.5. The number of rotatable bonds is 6. The van der Waals surface area contributed by atoms with Crippen molar-refractivity contribution < 1.29 is 19.4 Å². The number of carbonyl (C=O) groups is 2. The number of aliphatic hydroxyl groups excluding tert-OH is 1. The van der Waals surface area contributed by atoms with Crippen LogP contribution in [0.15, 0.2) is 54.1 Å². The fourth-order valence-corrected chi connectivity index (χ4v) is 3.63. The van der Waals surface area contributed by atoms with Crippen molar-refractivity contribution in [3.05, 3.63) is 70.3 Å². The number of ether oxygens (including phenoxy) is 1. The summed E-state index contributed by atoms with van der Waals surface area (Å²) in [6.45, 7) is 4.64. The van der Waals surface area contributed by atoms with Gasteiger partial charge in [0.15, 0.2) is 0 Å². The van der Waals surface area contributed by atoms with Crippen LogP contribution in [0, 0.1) is 0 Å². The van der Waals surface area contributed by atoms with Crippen LogP contribution in [0.1, 0.15) is 37.4 Å². The Balaban J connectivity index is 2.20. The summed E-state index contributed by atoms with van der Waals surface area (Å²) in [5.74, 6) is -1.10. The zero-order chi connectivity index (χ0) is 20.3. The molecular formula is C22H22ClNO4. The summed E-state index contributed by atoms with van der Waals surface area (Å²) >= 11 is 6.29. The molecule has 2 aromatic rings. The van der Waals surface area contributed by atoms with Crippen molar-refractivity contribution in [3.8, 4) is 5.75 Å². The predicted molar refractivity (Wildman–Crippen MR) is 108 cm³/mol. The largest absolute Gasteiger partial charge is 0.507 e. The van der Waals surface area contributed by atoms with E-state index in [-0.39, 0.29) is 21.9 Å². The molecule has 1 heterocycles. The van der Waals surface area contributed by atoms with Gasteiger partial charge in [0.25, 0.3) is 11.7 Å². The van der Waals surface area contributed by atoms with E-state index in [1.165, 1.54) is 4.90 Å². The first kappa shape index (κ1) is 20.0. The molecule has 1 fully saturated rings. The van der Waals surface area contributed by atoms with Gasteiger partial charge < -0.3 is 14.7 Å². The molecule has 1 atom stereocenters. The van der Waals surface area contributed by atoms with Crippen LogP contribution in [0.25, 0.3) is 5.76 Å². The third kappa shape index (κ3) is 3.62. The molecular weight excluding hydrogens is 378 g/mol. The first-order valence-electron chi connectivity index (χ1n) is 9.25. The Labute approximate surface area is 169 Å². The van der Waals surface area contributed by atoms with E-state index in [2.05, 4.69) is 0 Å². The number of aliphatic hydroxyl groups is 1. The topological polar surface area (TPSA) is 66.8 Å². The van der Waals surface area contributed by atoms with Gasteiger partial charge in [0.1, 0.15) is 11.5 Å². The minimum Gasteiger partial charge on any atom is -0.507 e. The van der Waals surface area contributed by atoms with Crippen molar-refractivity contribution in [3.63, 3.8) is 0 Å². The van der Waals surface area contributed by atoms with Crippen molar-refractivity contribution in [2.75, 3.05) is 13.2 Å². The highest BCUT2D eigenvalue weighted by molar-refractivity contribution is 6.47. The molecule has 0 aliphatic carbocycles. The zero-order valence-corrected chi connectivity index (χ0v) is 16.6. The number of benzene rings is 2. The van der Waals surface area contributed by atoms with E-state index in [1.807, 2.05) is 44.2 Å². The van der Waals surface area contributed by atoms with Gasteiger partial charge in [-0.15, -0.1) is 0 Å². The van der Waals surface area contributed by atoms with Crippen LogP contribution in [-0.4, -0.2) is 34.8 Å². The lowest BCUT2D eigenvalue weighted by Gasteiger charge is -2.24. The van der Waals surface area contributed by atoms with Gasteiger partial charge in [-0.25, -0.2) is 0 Å². The molecule has 28 heavy (non-hydrogen) atoms. The molecule has 0 bridgehead atoms. The Kier molecular flexibility index (Phi) is 6.05. The number of nitrogens with zero attached hydrogens (tertiary/aromatic N) is 1. The molecule has 0 spiro atoms. The lowest BCUT2D eigenvalue weighted by Crippen LogP contribution is -2.30. The first-order valence-corrected chi connectivity index (χ1v) is 9.63. The maximum atomic E-state index is 12.8. The van der Waals surface area contributed by atoms with Gasteiger partial charge in [0.05, 0.1) is 23.2 Å². The monoisotopic (exact) mass is 399 g/mol. The van der Waals surface area contributed by atoms with E-state index in [1.54, 1.807) is 18.2 Å². The second-order valence-electron chi connectivity index (χ2n) is 6.48. The fraction of sp³-hybridized carbons (Fsp3) is 0.273. The van der Waals surface area contributed by atoms with E-state index in [4.69, 9.17) is 16.3 Å². The van der Waals surface area contributed by atoms with E-state index in [9.17, 15) is 14.7 Å². The summed E-state index contributed by atoms with van der Waals surface area (Å²) in [5.41, 5.74) is 1.07. The quantitative estimate of drug-likeness (QED) is 0.439. The zero-order valence-electron chi connectivity index (χ0n) is 15.8. The van der Waals surface area contributed by atoms with E-state index in [0.717, 1.165) is 5.56 Å². The standard InChI is InChI=1S/C22H22ClNO4/c1-3-12-24-19(14-8-6-5-7-9-14)18(21(26)22(24)27)20(25)16-13-15(28-4-2)10-11-17(16)23/h5-11,13,19,25H,3-4,12H2,1-2H3/b20-18+. The third-order valence-corrected chi connectivity index (χ3v) is 4.95. The molecule has 1 amide bonds. The number of hydrogen-bond donors (Lipinski definition) is 1. The summed E-state index contributed by atoms with van der Waals surface area (Å²) in [6.07, 6.45) is 0.691. The van der Waals surface area contributed by atoms with Gasteiger partial charge in [-0.3, -0.25) is 9.59 Å². The van der Waals surface area contributed by atoms with Crippen LogP contribution in [0.5, 0.6) is 5.75 Å². The van der Waals surface area contributed by atoms with Crippen molar-refractivity contribution >= 4 is 29.1 Å². The Morgan fingerprint density at radius 1 is 1.14 bits per heavy atom. The van der Waals surface area contributed by atoms with E-state index in [0.29, 0.717) is 25.3 Å². The number of amides is 1. The second-order valence-corrected chi connectivity index (χ2v) is 6.89. The summed E-state index contributed by atoms with van der Waals surface area (Å²) in [5, 5.41) is 11.3. The number of carbonyl (C=O) groups excluding carboxylic acids is 2. The summed E-state index contributed by atoms with van der Waals surface area (Å²) in [4.78, 5) is 27.0.